The summed E-state index contributed by atoms with van der Waals surface area (Å²) in [4.78, 5) is 25.4. The number of hydrogen-bond donors (Lipinski definition) is 0. The maximum atomic E-state index is 11.8. The zero-order valence-electron chi connectivity index (χ0n) is 10.0. The van der Waals surface area contributed by atoms with Gasteiger partial charge in [0.2, 0.25) is 0 Å². The zero-order chi connectivity index (χ0) is 12.8. The van der Waals surface area contributed by atoms with Crippen molar-refractivity contribution in [2.75, 3.05) is 32.1 Å². The Balaban J connectivity index is 1.80. The first-order valence-electron chi connectivity index (χ1n) is 5.85. The highest BCUT2D eigenvalue weighted by Gasteiger charge is 2.18. The molecule has 0 N–H and O–H groups in total. The summed E-state index contributed by atoms with van der Waals surface area (Å²) in [6, 6.07) is 9.04. The molecule has 0 saturated carbocycles. The van der Waals surface area contributed by atoms with Crippen molar-refractivity contribution in [3.63, 3.8) is 0 Å². The third-order valence-corrected chi connectivity index (χ3v) is 3.60. The van der Waals surface area contributed by atoms with Gasteiger partial charge in [0.1, 0.15) is 0 Å². The fourth-order valence-corrected chi connectivity index (χ4v) is 2.46. The number of ether oxygens (including phenoxy) is 1. The molecule has 1 aliphatic rings. The first kappa shape index (κ1) is 13.1. The van der Waals surface area contributed by atoms with Gasteiger partial charge < -0.3 is 9.64 Å². The van der Waals surface area contributed by atoms with Gasteiger partial charge in [0.15, 0.2) is 5.78 Å². The van der Waals surface area contributed by atoms with E-state index in [4.69, 9.17) is 4.74 Å². The largest absolute Gasteiger partial charge is 0.378 e. The van der Waals surface area contributed by atoms with E-state index in [1.54, 1.807) is 17.0 Å². The van der Waals surface area contributed by atoms with Gasteiger partial charge in [0, 0.05) is 18.7 Å². The lowest BCUT2D eigenvalue weighted by Gasteiger charge is -2.26. The van der Waals surface area contributed by atoms with Crippen LogP contribution in [0.25, 0.3) is 0 Å². The average Bonchev–Trinajstić information content (AvgIpc) is 2.46. The van der Waals surface area contributed by atoms with Gasteiger partial charge in [-0.1, -0.05) is 42.1 Å². The van der Waals surface area contributed by atoms with Crippen LogP contribution in [0.3, 0.4) is 0 Å². The van der Waals surface area contributed by atoms with E-state index in [1.165, 1.54) is 0 Å². The summed E-state index contributed by atoms with van der Waals surface area (Å²) in [5.41, 5.74) is 0.653. The highest BCUT2D eigenvalue weighted by molar-refractivity contribution is 8.14. The number of benzene rings is 1. The molecule has 1 fully saturated rings. The summed E-state index contributed by atoms with van der Waals surface area (Å²) in [6.45, 7) is 2.40. The molecule has 5 heteroatoms. The molecular weight excluding hydrogens is 250 g/mol. The highest BCUT2D eigenvalue weighted by Crippen LogP contribution is 2.13. The zero-order valence-corrected chi connectivity index (χ0v) is 10.8. The van der Waals surface area contributed by atoms with Crippen LogP contribution < -0.4 is 0 Å². The Kier molecular flexibility index (Phi) is 4.78. The highest BCUT2D eigenvalue weighted by atomic mass is 32.2. The SMILES string of the molecule is O=C(CSC(=O)N1CCOCC1)c1ccccc1. The van der Waals surface area contributed by atoms with Gasteiger partial charge in [0.05, 0.1) is 19.0 Å². The van der Waals surface area contributed by atoms with E-state index in [-0.39, 0.29) is 16.8 Å². The van der Waals surface area contributed by atoms with Crippen LogP contribution in [-0.4, -0.2) is 48.0 Å². The number of carbonyl (C=O) groups excluding carboxylic acids is 2. The molecule has 2 rings (SSSR count). The predicted octanol–water partition coefficient (Wildman–Crippen LogP) is 2.05. The molecule has 1 aromatic carbocycles. The quantitative estimate of drug-likeness (QED) is 0.785. The second-order valence-corrected chi connectivity index (χ2v) is 4.87. The summed E-state index contributed by atoms with van der Waals surface area (Å²) < 4.78 is 5.17. The molecule has 1 heterocycles. The molecular formula is C13H15NO3S. The summed E-state index contributed by atoms with van der Waals surface area (Å²) in [5.74, 6) is 0.183. The number of nitrogens with zero attached hydrogens (tertiary/aromatic N) is 1. The van der Waals surface area contributed by atoms with Gasteiger partial charge in [-0.2, -0.15) is 0 Å². The molecule has 18 heavy (non-hydrogen) atoms. The van der Waals surface area contributed by atoms with Crippen LogP contribution in [0.5, 0.6) is 0 Å². The van der Waals surface area contributed by atoms with E-state index in [2.05, 4.69) is 0 Å². The van der Waals surface area contributed by atoms with Crippen LogP contribution >= 0.6 is 11.8 Å². The van der Waals surface area contributed by atoms with E-state index in [0.29, 0.717) is 31.9 Å². The van der Waals surface area contributed by atoms with Crippen molar-refractivity contribution in [3.8, 4) is 0 Å². The van der Waals surface area contributed by atoms with Crippen LogP contribution in [0.15, 0.2) is 30.3 Å². The molecule has 0 aliphatic carbocycles. The molecule has 0 unspecified atom stereocenters. The number of amides is 1. The maximum absolute atomic E-state index is 11.8. The Hall–Kier alpha value is -1.33. The number of carbonyl (C=O) groups is 2. The van der Waals surface area contributed by atoms with Gasteiger partial charge in [-0.25, -0.2) is 0 Å². The molecule has 0 atom stereocenters. The van der Waals surface area contributed by atoms with Crippen molar-refractivity contribution < 1.29 is 14.3 Å². The third kappa shape index (κ3) is 3.58. The normalized spacial score (nSPS) is 15.4. The number of morpholine rings is 1. The third-order valence-electron chi connectivity index (χ3n) is 2.69. The molecule has 0 aromatic heterocycles. The number of ketones is 1. The van der Waals surface area contributed by atoms with E-state index >= 15 is 0 Å². The van der Waals surface area contributed by atoms with E-state index < -0.39 is 0 Å². The molecule has 96 valence electrons. The fraction of sp³-hybridized carbons (Fsp3) is 0.385. The number of rotatable bonds is 3. The first-order chi connectivity index (χ1) is 8.77. The second kappa shape index (κ2) is 6.56. The molecule has 1 aliphatic heterocycles. The topological polar surface area (TPSA) is 46.6 Å². The molecule has 1 amide bonds. The molecule has 4 nitrogen and oxygen atoms in total. The predicted molar refractivity (Wildman–Crippen MR) is 71.0 cm³/mol. The summed E-state index contributed by atoms with van der Waals surface area (Å²) in [5, 5.41) is -0.0393. The molecule has 1 aromatic rings. The van der Waals surface area contributed by atoms with Crippen LogP contribution in [0.2, 0.25) is 0 Å². The van der Waals surface area contributed by atoms with Crippen molar-refractivity contribution in [1.82, 2.24) is 4.90 Å². The molecule has 0 spiro atoms. The summed E-state index contributed by atoms with van der Waals surface area (Å²) >= 11 is 1.07. The number of Topliss-reactive ketones (excluding diaryl/α,β-unsaturated/α-hetero) is 1. The van der Waals surface area contributed by atoms with Crippen LogP contribution in [-0.2, 0) is 4.74 Å². The van der Waals surface area contributed by atoms with Crippen molar-refractivity contribution in [2.24, 2.45) is 0 Å². The van der Waals surface area contributed by atoms with Crippen molar-refractivity contribution in [2.45, 2.75) is 0 Å². The lowest BCUT2D eigenvalue weighted by molar-refractivity contribution is 0.0593. The van der Waals surface area contributed by atoms with Gasteiger partial charge >= 0.3 is 0 Å². The van der Waals surface area contributed by atoms with Crippen LogP contribution in [0.1, 0.15) is 10.4 Å². The lowest BCUT2D eigenvalue weighted by atomic mass is 10.2. The van der Waals surface area contributed by atoms with E-state index in [0.717, 1.165) is 11.8 Å². The van der Waals surface area contributed by atoms with Gasteiger partial charge in [-0.15, -0.1) is 0 Å². The summed E-state index contributed by atoms with van der Waals surface area (Å²) in [6.07, 6.45) is 0. The smallest absolute Gasteiger partial charge is 0.282 e. The Bertz CT molecular complexity index is 416. The van der Waals surface area contributed by atoms with Gasteiger partial charge in [0.25, 0.3) is 5.24 Å². The van der Waals surface area contributed by atoms with E-state index in [9.17, 15) is 9.59 Å². The Labute approximate surface area is 110 Å². The van der Waals surface area contributed by atoms with Crippen LogP contribution in [0.4, 0.5) is 4.79 Å². The Morgan fingerprint density at radius 2 is 1.83 bits per heavy atom. The fourth-order valence-electron chi connectivity index (χ4n) is 1.67. The van der Waals surface area contributed by atoms with Gasteiger partial charge in [-0.05, 0) is 0 Å². The van der Waals surface area contributed by atoms with Crippen LogP contribution in [0, 0.1) is 0 Å². The lowest BCUT2D eigenvalue weighted by Crippen LogP contribution is -2.38. The summed E-state index contributed by atoms with van der Waals surface area (Å²) in [7, 11) is 0. The first-order valence-corrected chi connectivity index (χ1v) is 6.83. The minimum Gasteiger partial charge on any atom is -0.378 e. The second-order valence-electron chi connectivity index (χ2n) is 3.94. The standard InChI is InChI=1S/C13H15NO3S/c15-12(11-4-2-1-3-5-11)10-18-13(16)14-6-8-17-9-7-14/h1-5H,6-10H2. The molecule has 0 radical (unpaired) electrons. The van der Waals surface area contributed by atoms with Gasteiger partial charge in [-0.3, -0.25) is 9.59 Å². The number of hydrogen-bond acceptors (Lipinski definition) is 4. The molecule has 1 saturated heterocycles. The van der Waals surface area contributed by atoms with Crippen molar-refractivity contribution >= 4 is 22.8 Å². The maximum Gasteiger partial charge on any atom is 0.282 e. The van der Waals surface area contributed by atoms with Crippen molar-refractivity contribution in [3.05, 3.63) is 35.9 Å². The number of thioether (sulfide) groups is 1. The molecule has 0 bridgehead atoms. The Morgan fingerprint density at radius 1 is 1.17 bits per heavy atom. The minimum absolute atomic E-state index is 0.0118. The Morgan fingerprint density at radius 3 is 2.50 bits per heavy atom. The van der Waals surface area contributed by atoms with Crippen molar-refractivity contribution in [1.29, 1.82) is 0 Å². The van der Waals surface area contributed by atoms with E-state index in [1.807, 2.05) is 18.2 Å². The monoisotopic (exact) mass is 265 g/mol. The average molecular weight is 265 g/mol. The minimum atomic E-state index is -0.0393.